The van der Waals surface area contributed by atoms with E-state index in [-0.39, 0.29) is 18.4 Å². The molecule has 1 nitrogen and oxygen atoms in total. The molecule has 0 fully saturated rings. The van der Waals surface area contributed by atoms with Crippen molar-refractivity contribution in [2.45, 2.75) is 12.8 Å². The lowest BCUT2D eigenvalue weighted by molar-refractivity contribution is -0.107. The summed E-state index contributed by atoms with van der Waals surface area (Å²) in [4.78, 5) is 10.0. The van der Waals surface area contributed by atoms with E-state index in [0.29, 0.717) is 10.8 Å². The summed E-state index contributed by atoms with van der Waals surface area (Å²) < 4.78 is 26.5. The van der Waals surface area contributed by atoms with Crippen LogP contribution >= 0.6 is 15.9 Å². The van der Waals surface area contributed by atoms with E-state index in [4.69, 9.17) is 0 Å². The van der Waals surface area contributed by atoms with E-state index < -0.39 is 11.6 Å². The number of halogens is 3. The van der Waals surface area contributed by atoms with Crippen LogP contribution in [0.1, 0.15) is 12.0 Å². The molecule has 0 bridgehead atoms. The maximum atomic E-state index is 13.0. The maximum absolute atomic E-state index is 13.0. The summed E-state index contributed by atoms with van der Waals surface area (Å²) in [5.74, 6) is -1.23. The van der Waals surface area contributed by atoms with Crippen LogP contribution in [-0.2, 0) is 11.2 Å². The zero-order valence-corrected chi connectivity index (χ0v) is 8.27. The van der Waals surface area contributed by atoms with Gasteiger partial charge in [-0.05, 0) is 18.6 Å². The highest BCUT2D eigenvalue weighted by atomic mass is 79.9. The van der Waals surface area contributed by atoms with Crippen molar-refractivity contribution in [2.75, 3.05) is 0 Å². The van der Waals surface area contributed by atoms with Gasteiger partial charge in [-0.15, -0.1) is 0 Å². The molecule has 1 rings (SSSR count). The predicted octanol–water partition coefficient (Wildman–Crippen LogP) is 2.86. The van der Waals surface area contributed by atoms with Gasteiger partial charge in [-0.25, -0.2) is 8.78 Å². The molecule has 0 heterocycles. The maximum Gasteiger partial charge on any atom is 0.130 e. The Morgan fingerprint density at radius 3 is 2.31 bits per heavy atom. The number of rotatable bonds is 3. The van der Waals surface area contributed by atoms with Gasteiger partial charge in [-0.3, -0.25) is 0 Å². The molecule has 0 atom stereocenters. The molecule has 70 valence electrons. The van der Waals surface area contributed by atoms with Crippen LogP contribution in [-0.4, -0.2) is 6.29 Å². The Hall–Kier alpha value is -0.770. The van der Waals surface area contributed by atoms with Crippen molar-refractivity contribution in [3.05, 3.63) is 33.8 Å². The lowest BCUT2D eigenvalue weighted by atomic mass is 10.1. The molecule has 0 aliphatic rings. The Bertz CT molecular complexity index is 302. The SMILES string of the molecule is O=CCCc1c(F)cc(Br)cc1F. The molecule has 1 aromatic rings. The van der Waals surface area contributed by atoms with Gasteiger partial charge in [0.05, 0.1) is 0 Å². The van der Waals surface area contributed by atoms with Crippen LogP contribution in [0.15, 0.2) is 16.6 Å². The van der Waals surface area contributed by atoms with Crippen molar-refractivity contribution in [3.63, 3.8) is 0 Å². The minimum absolute atomic E-state index is 0.0321. The zero-order valence-electron chi connectivity index (χ0n) is 6.69. The summed E-state index contributed by atoms with van der Waals surface area (Å²) in [6.45, 7) is 0. The summed E-state index contributed by atoms with van der Waals surface area (Å²) in [6, 6.07) is 2.37. The first-order valence-electron chi connectivity index (χ1n) is 3.72. The molecule has 0 radical (unpaired) electrons. The van der Waals surface area contributed by atoms with Crippen LogP contribution in [0.4, 0.5) is 8.78 Å². The summed E-state index contributed by atoms with van der Waals surface area (Å²) in [6.07, 6.45) is 0.880. The van der Waals surface area contributed by atoms with Gasteiger partial charge in [0.25, 0.3) is 0 Å². The molecular formula is C9H7BrF2O. The van der Waals surface area contributed by atoms with Crippen LogP contribution in [0.3, 0.4) is 0 Å². The molecule has 0 N–H and O–H groups in total. The Morgan fingerprint density at radius 2 is 1.85 bits per heavy atom. The molecule has 0 saturated heterocycles. The van der Waals surface area contributed by atoms with E-state index >= 15 is 0 Å². The smallest absolute Gasteiger partial charge is 0.130 e. The average Bonchev–Trinajstić information content (AvgIpc) is 2.02. The molecule has 0 unspecified atom stereocenters. The third kappa shape index (κ3) is 2.59. The van der Waals surface area contributed by atoms with Crippen molar-refractivity contribution in [2.24, 2.45) is 0 Å². The summed E-state index contributed by atoms with van der Waals surface area (Å²) >= 11 is 2.97. The summed E-state index contributed by atoms with van der Waals surface area (Å²) in [7, 11) is 0. The van der Waals surface area contributed by atoms with Gasteiger partial charge in [0.2, 0.25) is 0 Å². The van der Waals surface area contributed by atoms with Crippen LogP contribution in [0.2, 0.25) is 0 Å². The Balaban J connectivity index is 2.98. The van der Waals surface area contributed by atoms with Gasteiger partial charge in [0, 0.05) is 16.5 Å². The lowest BCUT2D eigenvalue weighted by Gasteiger charge is -2.02. The first-order chi connectivity index (χ1) is 6.15. The molecule has 13 heavy (non-hydrogen) atoms. The monoisotopic (exact) mass is 248 g/mol. The van der Waals surface area contributed by atoms with E-state index in [1.807, 2.05) is 0 Å². The first kappa shape index (κ1) is 10.3. The van der Waals surface area contributed by atoms with Crippen LogP contribution in [0.5, 0.6) is 0 Å². The van der Waals surface area contributed by atoms with Gasteiger partial charge >= 0.3 is 0 Å². The fourth-order valence-corrected chi connectivity index (χ4v) is 1.42. The molecular weight excluding hydrogens is 242 g/mol. The lowest BCUT2D eigenvalue weighted by Crippen LogP contribution is -1.96. The minimum atomic E-state index is -0.617. The number of hydrogen-bond acceptors (Lipinski definition) is 1. The van der Waals surface area contributed by atoms with Crippen molar-refractivity contribution in [1.82, 2.24) is 0 Å². The standard InChI is InChI=1S/C9H7BrF2O/c10-6-4-8(11)7(2-1-3-13)9(12)5-6/h3-5H,1-2H2. The van der Waals surface area contributed by atoms with Crippen molar-refractivity contribution >= 4 is 22.2 Å². The van der Waals surface area contributed by atoms with Crippen LogP contribution < -0.4 is 0 Å². The summed E-state index contributed by atoms with van der Waals surface area (Å²) in [5, 5.41) is 0. The molecule has 4 heteroatoms. The number of carbonyl (C=O) groups excluding carboxylic acids is 1. The third-order valence-corrected chi connectivity index (χ3v) is 2.08. The molecule has 0 aliphatic carbocycles. The van der Waals surface area contributed by atoms with E-state index in [9.17, 15) is 13.6 Å². The zero-order chi connectivity index (χ0) is 9.84. The van der Waals surface area contributed by atoms with Gasteiger partial charge in [0.1, 0.15) is 17.9 Å². The van der Waals surface area contributed by atoms with Crippen LogP contribution in [0.25, 0.3) is 0 Å². The molecule has 0 aliphatic heterocycles. The predicted molar refractivity (Wildman–Crippen MR) is 48.4 cm³/mol. The van der Waals surface area contributed by atoms with Gasteiger partial charge in [0.15, 0.2) is 0 Å². The van der Waals surface area contributed by atoms with Gasteiger partial charge in [-0.2, -0.15) is 0 Å². The number of aldehydes is 1. The van der Waals surface area contributed by atoms with E-state index in [0.717, 1.165) is 0 Å². The highest BCUT2D eigenvalue weighted by molar-refractivity contribution is 9.10. The molecule has 0 saturated carbocycles. The highest BCUT2D eigenvalue weighted by Crippen LogP contribution is 2.20. The fourth-order valence-electron chi connectivity index (χ4n) is 1.01. The van der Waals surface area contributed by atoms with E-state index in [1.54, 1.807) is 0 Å². The minimum Gasteiger partial charge on any atom is -0.303 e. The second-order valence-corrected chi connectivity index (χ2v) is 3.47. The number of benzene rings is 1. The molecule has 1 aromatic carbocycles. The van der Waals surface area contributed by atoms with E-state index in [2.05, 4.69) is 15.9 Å². The van der Waals surface area contributed by atoms with Crippen molar-refractivity contribution in [3.8, 4) is 0 Å². The third-order valence-electron chi connectivity index (χ3n) is 1.62. The highest BCUT2D eigenvalue weighted by Gasteiger charge is 2.09. The quantitative estimate of drug-likeness (QED) is 0.753. The second kappa shape index (κ2) is 4.46. The van der Waals surface area contributed by atoms with E-state index in [1.165, 1.54) is 12.1 Å². The topological polar surface area (TPSA) is 17.1 Å². The normalized spacial score (nSPS) is 10.1. The van der Waals surface area contributed by atoms with Crippen LogP contribution in [0, 0.1) is 11.6 Å². The number of carbonyl (C=O) groups is 1. The Kier molecular flexibility index (Phi) is 3.54. The van der Waals surface area contributed by atoms with Crippen molar-refractivity contribution in [1.29, 1.82) is 0 Å². The summed E-state index contributed by atoms with van der Waals surface area (Å²) in [5.41, 5.74) is -0.0321. The molecule has 0 aromatic heterocycles. The first-order valence-corrected chi connectivity index (χ1v) is 4.51. The molecule has 0 spiro atoms. The van der Waals surface area contributed by atoms with Gasteiger partial charge < -0.3 is 4.79 Å². The van der Waals surface area contributed by atoms with Crippen molar-refractivity contribution < 1.29 is 13.6 Å². The number of hydrogen-bond donors (Lipinski definition) is 0. The second-order valence-electron chi connectivity index (χ2n) is 2.55. The largest absolute Gasteiger partial charge is 0.303 e. The Morgan fingerprint density at radius 1 is 1.31 bits per heavy atom. The molecule has 0 amide bonds. The van der Waals surface area contributed by atoms with Gasteiger partial charge in [-0.1, -0.05) is 15.9 Å². The average molecular weight is 249 g/mol. The Labute approximate surface area is 82.9 Å². The fraction of sp³-hybridized carbons (Fsp3) is 0.222.